The Balaban J connectivity index is -0.0000000364. The first-order valence-electron chi connectivity index (χ1n) is 3.40. The molecule has 0 aliphatic heterocycles. The number of hydrogen-bond donors (Lipinski definition) is 4. The zero-order valence-electron chi connectivity index (χ0n) is 11.1. The average Bonchev–Trinajstić information content (AvgIpc) is 1.79. The third-order valence-electron chi connectivity index (χ3n) is 0. The minimum atomic E-state index is -5.17. The summed E-state index contributed by atoms with van der Waals surface area (Å²) in [6.07, 6.45) is 0. The fraction of sp³-hybridized carbons (Fsp3) is 0. The van der Waals surface area contributed by atoms with E-state index >= 15 is 0 Å². The second kappa shape index (κ2) is 18.4. The Kier molecular flexibility index (Phi) is 31.3. The molecule has 4 N–H and O–H groups in total. The van der Waals surface area contributed by atoms with Crippen molar-refractivity contribution in [1.29, 1.82) is 0 Å². The van der Waals surface area contributed by atoms with Gasteiger partial charge in [0.1, 0.15) is 0 Å². The normalized spacial score (nSPS) is 10.7. The van der Waals surface area contributed by atoms with Crippen molar-refractivity contribution >= 4 is 52.0 Å². The second-order valence-corrected chi connectivity index (χ2v) is 6.36. The summed E-state index contributed by atoms with van der Waals surface area (Å²) in [5, 5.41) is 0. The molecule has 0 heterocycles. The van der Waals surface area contributed by atoms with Crippen LogP contribution in [0, 0.1) is 0 Å². The molecule has 0 aliphatic carbocycles. The van der Waals surface area contributed by atoms with Crippen LogP contribution < -0.4 is 0 Å². The summed E-state index contributed by atoms with van der Waals surface area (Å²) in [4.78, 5) is 0. The molecular formula is H4Fe2O20S5. The topological polar surface area (TPSA) is 390 Å². The van der Waals surface area contributed by atoms with Crippen LogP contribution in [0.3, 0.4) is 0 Å². The van der Waals surface area contributed by atoms with E-state index in [-0.39, 0.29) is 34.1 Å². The van der Waals surface area contributed by atoms with Crippen molar-refractivity contribution in [3.8, 4) is 0 Å². The van der Waals surface area contributed by atoms with Crippen molar-refractivity contribution < 1.29 is 122 Å². The Morgan fingerprint density at radius 3 is 0.370 bits per heavy atom. The summed E-state index contributed by atoms with van der Waals surface area (Å²) in [5.74, 6) is 0. The molecule has 2 radical (unpaired) electrons. The molecule has 20 nitrogen and oxygen atoms in total. The maximum absolute atomic E-state index is 8.74. The predicted octanol–water partition coefficient (Wildman–Crippen LogP) is -5.32. The van der Waals surface area contributed by atoms with Crippen LogP contribution in [0.5, 0.6) is 0 Å². The van der Waals surface area contributed by atoms with Gasteiger partial charge in [-0.15, -0.1) is 0 Å². The molecule has 27 heteroatoms. The molecule has 0 bridgehead atoms. The summed E-state index contributed by atoms with van der Waals surface area (Å²) in [5.41, 5.74) is 0. The summed E-state index contributed by atoms with van der Waals surface area (Å²) >= 11 is 0. The van der Waals surface area contributed by atoms with Crippen LogP contribution in [-0.4, -0.2) is 87.6 Å². The summed E-state index contributed by atoms with van der Waals surface area (Å²) in [7, 11) is -24.8. The van der Waals surface area contributed by atoms with Gasteiger partial charge in [0.25, 0.3) is 0 Å². The maximum atomic E-state index is 8.74. The molecule has 0 rings (SSSR count). The molecule has 170 valence electrons. The largest absolute Gasteiger partial charge is 3.00 e. The zero-order chi connectivity index (χ0) is 22.5. The van der Waals surface area contributed by atoms with E-state index in [2.05, 4.69) is 0 Å². The molecule has 0 aliphatic rings. The first-order valence-corrected chi connectivity index (χ1v) is 10.2. The van der Waals surface area contributed by atoms with E-state index in [1.54, 1.807) is 0 Å². The zero-order valence-corrected chi connectivity index (χ0v) is 17.4. The van der Waals surface area contributed by atoms with E-state index in [4.69, 9.17) is 87.6 Å². The van der Waals surface area contributed by atoms with Crippen molar-refractivity contribution in [3.63, 3.8) is 0 Å². The van der Waals surface area contributed by atoms with Gasteiger partial charge in [-0.25, -0.2) is 0 Å². The fourth-order valence-electron chi connectivity index (χ4n) is 0. The molecule has 0 aromatic rings. The van der Waals surface area contributed by atoms with Gasteiger partial charge in [0.05, 0.1) is 0 Å². The van der Waals surface area contributed by atoms with Crippen molar-refractivity contribution in [2.24, 2.45) is 0 Å². The summed E-state index contributed by atoms with van der Waals surface area (Å²) < 4.78 is 165. The van der Waals surface area contributed by atoms with Crippen LogP contribution in [0.15, 0.2) is 0 Å². The molecule has 0 spiro atoms. The maximum Gasteiger partial charge on any atom is 3.00 e. The van der Waals surface area contributed by atoms with Crippen LogP contribution in [0.25, 0.3) is 0 Å². The predicted molar refractivity (Wildman–Crippen MR) is 59.8 cm³/mol. The summed E-state index contributed by atoms with van der Waals surface area (Å²) in [6, 6.07) is 0. The Morgan fingerprint density at radius 1 is 0.370 bits per heavy atom. The smallest absolute Gasteiger partial charge is 0.759 e. The second-order valence-electron chi connectivity index (χ2n) is 2.12. The molecule has 0 fully saturated rings. The van der Waals surface area contributed by atoms with Gasteiger partial charge >= 0.3 is 54.9 Å². The van der Waals surface area contributed by atoms with Crippen LogP contribution in [-0.2, 0) is 86.1 Å². The average molecular weight is 596 g/mol. The fourth-order valence-corrected chi connectivity index (χ4v) is 0. The molecule has 0 saturated heterocycles. The van der Waals surface area contributed by atoms with Crippen molar-refractivity contribution in [1.82, 2.24) is 0 Å². The minimum Gasteiger partial charge on any atom is -0.759 e. The van der Waals surface area contributed by atoms with Crippen molar-refractivity contribution in [2.75, 3.05) is 0 Å². The van der Waals surface area contributed by atoms with Gasteiger partial charge < -0.3 is 27.3 Å². The molecule has 27 heavy (non-hydrogen) atoms. The summed E-state index contributed by atoms with van der Waals surface area (Å²) in [6.45, 7) is 0. The van der Waals surface area contributed by atoms with E-state index in [1.807, 2.05) is 0 Å². The van der Waals surface area contributed by atoms with Gasteiger partial charge in [0.15, 0.2) is 0 Å². The van der Waals surface area contributed by atoms with Gasteiger partial charge in [0.2, 0.25) is 0 Å². The van der Waals surface area contributed by atoms with Gasteiger partial charge in [-0.05, 0) is 0 Å². The Morgan fingerprint density at radius 2 is 0.370 bits per heavy atom. The molecule has 0 aromatic heterocycles. The van der Waals surface area contributed by atoms with Crippen molar-refractivity contribution in [2.45, 2.75) is 0 Å². The monoisotopic (exact) mass is 596 g/mol. The van der Waals surface area contributed by atoms with Gasteiger partial charge in [-0.2, -0.15) is 16.8 Å². The molecular weight excluding hydrogens is 592 g/mol. The molecule has 0 unspecified atom stereocenters. The van der Waals surface area contributed by atoms with Gasteiger partial charge in [-0.3, -0.25) is 43.5 Å². The first-order chi connectivity index (χ1) is 10.0. The van der Waals surface area contributed by atoms with Crippen molar-refractivity contribution in [3.05, 3.63) is 0 Å². The van der Waals surface area contributed by atoms with E-state index in [9.17, 15) is 0 Å². The van der Waals surface area contributed by atoms with E-state index < -0.39 is 52.0 Å². The minimum absolute atomic E-state index is 0. The third-order valence-corrected chi connectivity index (χ3v) is 0. The number of rotatable bonds is 0. The number of hydrogen-bond acceptors (Lipinski definition) is 16. The van der Waals surface area contributed by atoms with Crippen LogP contribution >= 0.6 is 0 Å². The quantitative estimate of drug-likeness (QED) is 0.115. The van der Waals surface area contributed by atoms with Crippen LogP contribution in [0.2, 0.25) is 0 Å². The molecule has 0 amide bonds. The molecule has 0 atom stereocenters. The Labute approximate surface area is 173 Å². The SMILES string of the molecule is O=S(=O)(O)O.O=S(=O)(O)O.O=S(=O)([O-])[O-].O=S(=O)([O-])[O-].O=S(=O)([O-])[O-].[Fe+3].[Fe+3]. The van der Waals surface area contributed by atoms with Gasteiger partial charge in [-0.1, -0.05) is 0 Å². The van der Waals surface area contributed by atoms with Crippen LogP contribution in [0.4, 0.5) is 0 Å². The van der Waals surface area contributed by atoms with Gasteiger partial charge in [0, 0.05) is 31.2 Å². The van der Waals surface area contributed by atoms with E-state index in [1.165, 1.54) is 0 Å². The Bertz CT molecular complexity index is 619. The molecule has 0 aromatic carbocycles. The van der Waals surface area contributed by atoms with E-state index in [0.717, 1.165) is 0 Å². The standard InChI is InChI=1S/2Fe.5H2O4S/c;;5*1-5(2,3)4/h;;5*(H2,1,2,3,4)/q2*+3;;;;;/p-6. The van der Waals surface area contributed by atoms with Crippen LogP contribution in [0.1, 0.15) is 0 Å². The van der Waals surface area contributed by atoms with E-state index in [0.29, 0.717) is 0 Å². The first kappa shape index (κ1) is 45.9. The third kappa shape index (κ3) is 104000. The Hall–Kier alpha value is 0.389. The molecule has 0 saturated carbocycles.